The minimum Gasteiger partial charge on any atom is -0.370 e. The Balaban J connectivity index is 1.94. The van der Waals surface area contributed by atoms with Gasteiger partial charge in [-0.3, -0.25) is 10.1 Å². The van der Waals surface area contributed by atoms with Crippen LogP contribution in [0.15, 0.2) is 18.3 Å². The van der Waals surface area contributed by atoms with Crippen molar-refractivity contribution < 1.29 is 4.92 Å². The van der Waals surface area contributed by atoms with Crippen molar-refractivity contribution in [3.8, 4) is 0 Å². The Morgan fingerprint density at radius 3 is 2.65 bits per heavy atom. The topological polar surface area (TPSA) is 68.1 Å². The van der Waals surface area contributed by atoms with Crippen molar-refractivity contribution in [1.29, 1.82) is 0 Å². The maximum atomic E-state index is 10.5. The van der Waals surface area contributed by atoms with E-state index in [4.69, 9.17) is 0 Å². The van der Waals surface area contributed by atoms with Crippen LogP contribution in [-0.4, -0.2) is 16.5 Å². The van der Waals surface area contributed by atoms with Crippen molar-refractivity contribution >= 4 is 11.5 Å². The van der Waals surface area contributed by atoms with Crippen LogP contribution >= 0.6 is 0 Å². The summed E-state index contributed by atoms with van der Waals surface area (Å²) in [6.45, 7) is 5.37. The molecule has 0 atom stereocenters. The van der Waals surface area contributed by atoms with Crippen molar-refractivity contribution in [2.24, 2.45) is 11.3 Å². The molecule has 0 amide bonds. The maximum Gasteiger partial charge on any atom is 0.287 e. The van der Waals surface area contributed by atoms with Gasteiger partial charge >= 0.3 is 0 Å². The SMILES string of the molecule is CC(C)C1(CNc2ccc([N+](=O)[O-])cn2)CC1. The third-order valence-corrected chi connectivity index (χ3v) is 3.70. The molecule has 0 unspecified atom stereocenters. The number of nitrogens with zero attached hydrogens (tertiary/aromatic N) is 2. The first kappa shape index (κ1) is 11.8. The summed E-state index contributed by atoms with van der Waals surface area (Å²) in [5.41, 5.74) is 0.434. The molecule has 1 aromatic rings. The molecule has 1 aliphatic rings. The second kappa shape index (κ2) is 4.31. The molecule has 5 heteroatoms. The molecular weight excluding hydrogens is 218 g/mol. The quantitative estimate of drug-likeness (QED) is 0.629. The zero-order valence-electron chi connectivity index (χ0n) is 10.1. The molecule has 1 aromatic heterocycles. The molecular formula is C12H17N3O2. The lowest BCUT2D eigenvalue weighted by Gasteiger charge is -2.20. The van der Waals surface area contributed by atoms with Gasteiger partial charge in [0, 0.05) is 12.6 Å². The molecule has 1 saturated carbocycles. The Bertz CT molecular complexity index is 410. The Morgan fingerprint density at radius 2 is 2.24 bits per heavy atom. The van der Waals surface area contributed by atoms with Gasteiger partial charge in [-0.1, -0.05) is 13.8 Å². The second-order valence-corrected chi connectivity index (χ2v) is 5.03. The van der Waals surface area contributed by atoms with E-state index in [1.165, 1.54) is 25.1 Å². The molecule has 0 aromatic carbocycles. The fourth-order valence-corrected chi connectivity index (χ4v) is 1.98. The first-order chi connectivity index (χ1) is 8.03. The summed E-state index contributed by atoms with van der Waals surface area (Å²) in [6.07, 6.45) is 3.80. The number of hydrogen-bond acceptors (Lipinski definition) is 4. The largest absolute Gasteiger partial charge is 0.370 e. The molecule has 0 aliphatic heterocycles. The molecule has 2 rings (SSSR count). The molecule has 0 spiro atoms. The second-order valence-electron chi connectivity index (χ2n) is 5.03. The number of aromatic nitrogens is 1. The summed E-state index contributed by atoms with van der Waals surface area (Å²) in [6, 6.07) is 3.14. The van der Waals surface area contributed by atoms with Crippen LogP contribution in [0.25, 0.3) is 0 Å². The molecule has 1 N–H and O–H groups in total. The standard InChI is InChI=1S/C12H17N3O2/c1-9(2)12(5-6-12)8-14-11-4-3-10(7-13-11)15(16)17/h3-4,7,9H,5-6,8H2,1-2H3,(H,13,14). The van der Waals surface area contributed by atoms with Crippen molar-refractivity contribution in [2.75, 3.05) is 11.9 Å². The van der Waals surface area contributed by atoms with Crippen LogP contribution in [0.1, 0.15) is 26.7 Å². The van der Waals surface area contributed by atoms with E-state index >= 15 is 0 Å². The summed E-state index contributed by atoms with van der Waals surface area (Å²) in [7, 11) is 0. The molecule has 1 aliphatic carbocycles. The van der Waals surface area contributed by atoms with Gasteiger partial charge in [0.15, 0.2) is 0 Å². The van der Waals surface area contributed by atoms with Gasteiger partial charge in [-0.15, -0.1) is 0 Å². The Hall–Kier alpha value is -1.65. The Morgan fingerprint density at radius 1 is 1.53 bits per heavy atom. The fraction of sp³-hybridized carbons (Fsp3) is 0.583. The minimum absolute atomic E-state index is 0.0283. The normalized spacial score (nSPS) is 16.9. The maximum absolute atomic E-state index is 10.5. The van der Waals surface area contributed by atoms with Crippen LogP contribution in [0.2, 0.25) is 0 Å². The minimum atomic E-state index is -0.437. The number of hydrogen-bond donors (Lipinski definition) is 1. The van der Waals surface area contributed by atoms with E-state index in [2.05, 4.69) is 24.1 Å². The van der Waals surface area contributed by atoms with Crippen LogP contribution < -0.4 is 5.32 Å². The van der Waals surface area contributed by atoms with E-state index in [9.17, 15) is 10.1 Å². The van der Waals surface area contributed by atoms with Crippen LogP contribution in [0.4, 0.5) is 11.5 Å². The molecule has 0 bridgehead atoms. The summed E-state index contributed by atoms with van der Waals surface area (Å²) in [4.78, 5) is 14.1. The summed E-state index contributed by atoms with van der Waals surface area (Å²) < 4.78 is 0. The van der Waals surface area contributed by atoms with Crippen LogP contribution in [0, 0.1) is 21.4 Å². The van der Waals surface area contributed by atoms with Crippen molar-refractivity contribution in [2.45, 2.75) is 26.7 Å². The number of anilines is 1. The molecule has 0 saturated heterocycles. The van der Waals surface area contributed by atoms with Gasteiger partial charge in [-0.25, -0.2) is 4.98 Å². The molecule has 0 radical (unpaired) electrons. The van der Waals surface area contributed by atoms with Gasteiger partial charge < -0.3 is 5.32 Å². The number of pyridine rings is 1. The van der Waals surface area contributed by atoms with Gasteiger partial charge in [0.25, 0.3) is 5.69 Å². The van der Waals surface area contributed by atoms with Gasteiger partial charge in [0.2, 0.25) is 0 Å². The van der Waals surface area contributed by atoms with E-state index in [-0.39, 0.29) is 5.69 Å². The molecule has 5 nitrogen and oxygen atoms in total. The van der Waals surface area contributed by atoms with Gasteiger partial charge in [0.1, 0.15) is 12.0 Å². The first-order valence-corrected chi connectivity index (χ1v) is 5.88. The highest BCUT2D eigenvalue weighted by molar-refractivity contribution is 5.40. The number of nitrogens with one attached hydrogen (secondary N) is 1. The fourth-order valence-electron chi connectivity index (χ4n) is 1.98. The molecule has 1 fully saturated rings. The van der Waals surface area contributed by atoms with Crippen LogP contribution in [0.5, 0.6) is 0 Å². The molecule has 92 valence electrons. The van der Waals surface area contributed by atoms with E-state index in [1.54, 1.807) is 6.07 Å². The summed E-state index contributed by atoms with van der Waals surface area (Å²) in [5.74, 6) is 1.37. The van der Waals surface area contributed by atoms with E-state index in [0.717, 1.165) is 6.54 Å². The van der Waals surface area contributed by atoms with E-state index < -0.39 is 4.92 Å². The highest BCUT2D eigenvalue weighted by Gasteiger charge is 2.44. The summed E-state index contributed by atoms with van der Waals surface area (Å²) in [5, 5.41) is 13.7. The van der Waals surface area contributed by atoms with Crippen molar-refractivity contribution in [3.63, 3.8) is 0 Å². The Labute approximate surface area is 100 Å². The number of nitro groups is 1. The predicted octanol–water partition coefficient (Wildman–Crippen LogP) is 2.84. The third-order valence-electron chi connectivity index (χ3n) is 3.70. The highest BCUT2D eigenvalue weighted by atomic mass is 16.6. The van der Waals surface area contributed by atoms with Gasteiger partial charge in [-0.2, -0.15) is 0 Å². The highest BCUT2D eigenvalue weighted by Crippen LogP contribution is 2.51. The van der Waals surface area contributed by atoms with Gasteiger partial charge in [0.05, 0.1) is 4.92 Å². The molecule has 17 heavy (non-hydrogen) atoms. The summed E-state index contributed by atoms with van der Waals surface area (Å²) >= 11 is 0. The third kappa shape index (κ3) is 2.54. The van der Waals surface area contributed by atoms with E-state index in [1.807, 2.05) is 0 Å². The molecule has 1 heterocycles. The lowest BCUT2D eigenvalue weighted by atomic mass is 9.92. The Kier molecular flexibility index (Phi) is 3.00. The van der Waals surface area contributed by atoms with Gasteiger partial charge in [-0.05, 0) is 30.2 Å². The van der Waals surface area contributed by atoms with Crippen LogP contribution in [-0.2, 0) is 0 Å². The lowest BCUT2D eigenvalue weighted by molar-refractivity contribution is -0.385. The smallest absolute Gasteiger partial charge is 0.287 e. The zero-order valence-corrected chi connectivity index (χ0v) is 10.1. The average Bonchev–Trinajstić information content (AvgIpc) is 3.08. The lowest BCUT2D eigenvalue weighted by Crippen LogP contribution is -2.21. The monoisotopic (exact) mass is 235 g/mol. The predicted molar refractivity (Wildman–Crippen MR) is 65.9 cm³/mol. The number of rotatable bonds is 5. The zero-order chi connectivity index (χ0) is 12.5. The average molecular weight is 235 g/mol. The first-order valence-electron chi connectivity index (χ1n) is 5.88. The van der Waals surface area contributed by atoms with Crippen molar-refractivity contribution in [1.82, 2.24) is 4.98 Å². The van der Waals surface area contributed by atoms with Crippen molar-refractivity contribution in [3.05, 3.63) is 28.4 Å². The van der Waals surface area contributed by atoms with E-state index in [0.29, 0.717) is 17.2 Å². The van der Waals surface area contributed by atoms with Crippen LogP contribution in [0.3, 0.4) is 0 Å².